The highest BCUT2D eigenvalue weighted by Gasteiger charge is 2.21. The number of nitrogens with one attached hydrogen (secondary N) is 3. The minimum atomic E-state index is -1.08. The van der Waals surface area contributed by atoms with Crippen LogP contribution in [-0.4, -0.2) is 59.7 Å². The van der Waals surface area contributed by atoms with Crippen molar-refractivity contribution in [1.82, 2.24) is 0 Å². The zero-order valence-corrected chi connectivity index (χ0v) is 34.1. The molecule has 4 aromatic rings. The largest absolute Gasteiger partial charge is 0.459 e. The number of thiophene rings is 2. The first-order valence-corrected chi connectivity index (χ1v) is 18.8. The van der Waals surface area contributed by atoms with Gasteiger partial charge in [0.15, 0.2) is 0 Å². The second kappa shape index (κ2) is 22.8. The number of hydrogen-bond donors (Lipinski definition) is 4. The predicted octanol–water partition coefficient (Wildman–Crippen LogP) is 9.56. The zero-order chi connectivity index (χ0) is 41.3. The molecule has 0 radical (unpaired) electrons. The number of carbonyl (C=O) groups excluding carboxylic acids is 6. The van der Waals surface area contributed by atoms with Crippen molar-refractivity contribution in [2.75, 3.05) is 34.9 Å². The number of hydrogen-bond acceptors (Lipinski definition) is 13. The van der Waals surface area contributed by atoms with Crippen molar-refractivity contribution in [1.29, 1.82) is 0 Å². The van der Waals surface area contributed by atoms with Crippen LogP contribution < -0.4 is 21.7 Å². The summed E-state index contributed by atoms with van der Waals surface area (Å²) in [6.45, 7) is 14.2. The molecule has 0 unspecified atom stereocenters. The van der Waals surface area contributed by atoms with Gasteiger partial charge in [0, 0.05) is 9.75 Å². The molecule has 4 rings (SSSR count). The van der Waals surface area contributed by atoms with Crippen molar-refractivity contribution in [3.8, 4) is 20.9 Å². The maximum atomic E-state index is 12.1. The first-order chi connectivity index (χ1) is 25.7. The number of amides is 3. The van der Waals surface area contributed by atoms with E-state index in [4.69, 9.17) is 31.5 Å². The van der Waals surface area contributed by atoms with Crippen LogP contribution in [0.4, 0.5) is 32.3 Å². The summed E-state index contributed by atoms with van der Waals surface area (Å²) >= 11 is 7.87. The monoisotopic (exact) mass is 832 g/mol. The number of halogens is 1. The normalized spacial score (nSPS) is 10.4. The van der Waals surface area contributed by atoms with Crippen molar-refractivity contribution < 1.29 is 47.7 Å². The van der Waals surface area contributed by atoms with Gasteiger partial charge in [0.25, 0.3) is 0 Å². The molecule has 56 heavy (non-hydrogen) atoms. The Morgan fingerprint density at radius 3 is 1.48 bits per heavy atom. The third kappa shape index (κ3) is 17.8. The number of anilines is 4. The average Bonchev–Trinajstić information content (AvgIpc) is 3.81. The van der Waals surface area contributed by atoms with Crippen LogP contribution in [0.1, 0.15) is 62.8 Å². The fourth-order valence-electron chi connectivity index (χ4n) is 4.01. The molecule has 2 heterocycles. The summed E-state index contributed by atoms with van der Waals surface area (Å²) in [5.41, 5.74) is 8.28. The van der Waals surface area contributed by atoms with Gasteiger partial charge in [-0.2, -0.15) is 0 Å². The quantitative estimate of drug-likeness (QED) is 0.0433. The van der Waals surface area contributed by atoms with Crippen molar-refractivity contribution in [3.63, 3.8) is 0 Å². The number of nitrogens with two attached hydrogens (primary N) is 1. The van der Waals surface area contributed by atoms with Crippen LogP contribution in [0.2, 0.25) is 0 Å². The van der Waals surface area contributed by atoms with Gasteiger partial charge in [-0.05, 0) is 125 Å². The lowest BCUT2D eigenvalue weighted by molar-refractivity contribution is -0.152. The van der Waals surface area contributed by atoms with Crippen LogP contribution in [0.5, 0.6) is 0 Å². The van der Waals surface area contributed by atoms with Crippen molar-refractivity contribution in [2.24, 2.45) is 0 Å². The number of nitrogen functional groups attached to an aromatic ring is 1. The molecule has 14 nitrogen and oxygen atoms in total. The van der Waals surface area contributed by atoms with E-state index in [9.17, 15) is 28.8 Å². The number of benzene rings is 2. The standard InChI is InChI=1S/C19H22N2O5S.C15H18N2O2S.C4H5ClO3.CH4/c1-5-25-17(23)16(22)20-14-11-12(15-7-6-10-27-15)8-9-13(14)21-18(24)26-19(2,3)4;1-15(2,3)19-14(18)17-12-7-6-10(9-11(12)16)13-5-4-8-20-13;1-2-8-4(7)3(5)6;/h6-11H,5H2,1-4H3,(H,20,22)(H,21,24);4-9H,16H2,1-3H3,(H,17,18);2H2,1H3;1H4. The van der Waals surface area contributed by atoms with Gasteiger partial charge in [0.2, 0.25) is 0 Å². The van der Waals surface area contributed by atoms with Crippen molar-refractivity contribution >= 4 is 92.3 Å². The lowest BCUT2D eigenvalue weighted by Crippen LogP contribution is -2.28. The van der Waals surface area contributed by atoms with Gasteiger partial charge >= 0.3 is 35.3 Å². The summed E-state index contributed by atoms with van der Waals surface area (Å²) in [6.07, 6.45) is -1.17. The highest BCUT2D eigenvalue weighted by atomic mass is 35.5. The lowest BCUT2D eigenvalue weighted by atomic mass is 10.1. The molecule has 3 amide bonds. The summed E-state index contributed by atoms with van der Waals surface area (Å²) in [7, 11) is 0. The zero-order valence-electron chi connectivity index (χ0n) is 31.7. The highest BCUT2D eigenvalue weighted by molar-refractivity contribution is 7.13. The Labute approximate surface area is 340 Å². The third-order valence-corrected chi connectivity index (χ3v) is 8.09. The van der Waals surface area contributed by atoms with E-state index in [1.807, 2.05) is 67.9 Å². The molecule has 0 bridgehead atoms. The van der Waals surface area contributed by atoms with E-state index >= 15 is 0 Å². The first-order valence-electron chi connectivity index (χ1n) is 16.7. The molecule has 0 aliphatic rings. The smallest absolute Gasteiger partial charge is 0.412 e. The molecule has 0 saturated heterocycles. The average molecular weight is 833 g/mol. The summed E-state index contributed by atoms with van der Waals surface area (Å²) in [4.78, 5) is 69.4. The molecular weight excluding hydrogens is 784 g/mol. The van der Waals surface area contributed by atoms with Crippen LogP contribution in [-0.2, 0) is 38.1 Å². The highest BCUT2D eigenvalue weighted by Crippen LogP contribution is 2.32. The van der Waals surface area contributed by atoms with E-state index < -0.39 is 46.5 Å². The Balaban J connectivity index is 0.000000475. The topological polar surface area (TPSA) is 201 Å². The summed E-state index contributed by atoms with van der Waals surface area (Å²) in [6, 6.07) is 18.5. The Bertz CT molecular complexity index is 1920. The Morgan fingerprint density at radius 1 is 0.643 bits per heavy atom. The van der Waals surface area contributed by atoms with Crippen LogP contribution in [0, 0.1) is 0 Å². The van der Waals surface area contributed by atoms with Gasteiger partial charge < -0.3 is 30.0 Å². The van der Waals surface area contributed by atoms with Crippen molar-refractivity contribution in [2.45, 2.75) is 74.0 Å². The Kier molecular flexibility index (Phi) is 19.8. The van der Waals surface area contributed by atoms with Gasteiger partial charge in [-0.15, -0.1) is 22.7 Å². The maximum absolute atomic E-state index is 12.1. The molecule has 0 spiro atoms. The minimum Gasteiger partial charge on any atom is -0.459 e. The first kappa shape index (κ1) is 48.6. The lowest BCUT2D eigenvalue weighted by Gasteiger charge is -2.20. The molecular formula is C39H49ClN4O10S2. The number of rotatable bonds is 8. The van der Waals surface area contributed by atoms with E-state index in [0.717, 1.165) is 20.9 Å². The predicted molar refractivity (Wildman–Crippen MR) is 223 cm³/mol. The molecule has 2 aromatic carbocycles. The minimum absolute atomic E-state index is 0. The fraction of sp³-hybridized carbons (Fsp3) is 0.333. The molecule has 17 heteroatoms. The van der Waals surface area contributed by atoms with Gasteiger partial charge in [-0.25, -0.2) is 19.2 Å². The van der Waals surface area contributed by atoms with E-state index in [-0.39, 0.29) is 26.3 Å². The van der Waals surface area contributed by atoms with Gasteiger partial charge in [0.1, 0.15) is 11.2 Å². The fourth-order valence-corrected chi connectivity index (χ4v) is 5.51. The Hall–Kier alpha value is -5.45. The summed E-state index contributed by atoms with van der Waals surface area (Å²) in [5, 5.41) is 10.6. The second-order valence-electron chi connectivity index (χ2n) is 12.9. The third-order valence-electron chi connectivity index (χ3n) is 6.10. The number of ether oxygens (including phenoxy) is 4. The van der Waals surface area contributed by atoms with Gasteiger partial charge in [-0.1, -0.05) is 31.7 Å². The molecule has 304 valence electrons. The molecule has 0 saturated carbocycles. The van der Waals surface area contributed by atoms with Crippen LogP contribution in [0.15, 0.2) is 71.4 Å². The summed E-state index contributed by atoms with van der Waals surface area (Å²) in [5.74, 6) is -2.91. The van der Waals surface area contributed by atoms with Crippen LogP contribution in [0.3, 0.4) is 0 Å². The van der Waals surface area contributed by atoms with E-state index in [1.54, 1.807) is 70.2 Å². The number of carbonyl (C=O) groups is 6. The van der Waals surface area contributed by atoms with Crippen LogP contribution in [0.25, 0.3) is 20.9 Å². The van der Waals surface area contributed by atoms with Crippen LogP contribution >= 0.6 is 34.3 Å². The second-order valence-corrected chi connectivity index (χ2v) is 15.2. The molecule has 0 aliphatic heterocycles. The Morgan fingerprint density at radius 2 is 1.09 bits per heavy atom. The maximum Gasteiger partial charge on any atom is 0.412 e. The molecule has 0 fully saturated rings. The van der Waals surface area contributed by atoms with E-state index in [2.05, 4.69) is 20.7 Å². The molecule has 5 N–H and O–H groups in total. The number of esters is 2. The SMILES string of the molecule is C.CC(C)(C)OC(=O)Nc1ccc(-c2cccs2)cc1N.CCOC(=O)C(=O)Cl.CCOC(=O)C(=O)Nc1cc(-c2cccs2)ccc1NC(=O)OC(C)(C)C. The molecule has 0 atom stereocenters. The van der Waals surface area contributed by atoms with Gasteiger partial charge in [0.05, 0.1) is 36.0 Å². The molecule has 0 aliphatic carbocycles. The van der Waals surface area contributed by atoms with Crippen molar-refractivity contribution in [3.05, 3.63) is 71.4 Å². The van der Waals surface area contributed by atoms with E-state index in [0.29, 0.717) is 17.1 Å². The summed E-state index contributed by atoms with van der Waals surface area (Å²) < 4.78 is 19.3. The van der Waals surface area contributed by atoms with E-state index in [1.165, 1.54) is 11.3 Å². The van der Waals surface area contributed by atoms with Gasteiger partial charge in [-0.3, -0.25) is 20.2 Å². The molecule has 2 aromatic heterocycles.